The van der Waals surface area contributed by atoms with Crippen LogP contribution in [0.25, 0.3) is 0 Å². The smallest absolute Gasteiger partial charge is 0.115 e. The van der Waals surface area contributed by atoms with Crippen molar-refractivity contribution in [3.8, 4) is 11.5 Å². The molecule has 23 heavy (non-hydrogen) atoms. The van der Waals surface area contributed by atoms with Crippen molar-refractivity contribution in [3.05, 3.63) is 48.5 Å². The van der Waals surface area contributed by atoms with E-state index in [-0.39, 0.29) is 16.1 Å². The van der Waals surface area contributed by atoms with Crippen LogP contribution in [0.3, 0.4) is 0 Å². The van der Waals surface area contributed by atoms with Crippen molar-refractivity contribution in [1.82, 2.24) is 0 Å². The molecule has 124 valence electrons. The predicted molar refractivity (Wildman–Crippen MR) is 97.4 cm³/mol. The van der Waals surface area contributed by atoms with Gasteiger partial charge in [0, 0.05) is 16.4 Å². The van der Waals surface area contributed by atoms with E-state index in [1.165, 1.54) is 0 Å². The first-order chi connectivity index (χ1) is 11.2. The highest BCUT2D eigenvalue weighted by Crippen LogP contribution is 2.36. The first kappa shape index (κ1) is 18.0. The number of benzene rings is 2. The molecule has 2 rings (SSSR count). The standard InChI is InChI=1S/C18H22O3S2/c1-2-3-12-21-13-18(22-16-8-4-14(19)5-9-16)23-17-10-6-15(20)7-11-17/h4-11,18-20H,2-3,12-13H2,1H3. The van der Waals surface area contributed by atoms with Gasteiger partial charge in [-0.15, -0.1) is 23.5 Å². The molecule has 0 atom stereocenters. The highest BCUT2D eigenvalue weighted by atomic mass is 32.2. The summed E-state index contributed by atoms with van der Waals surface area (Å²) in [4.78, 5) is 2.19. The van der Waals surface area contributed by atoms with Crippen LogP contribution in [-0.2, 0) is 4.74 Å². The van der Waals surface area contributed by atoms with Gasteiger partial charge in [0.25, 0.3) is 0 Å². The van der Waals surface area contributed by atoms with Crippen LogP contribution < -0.4 is 0 Å². The van der Waals surface area contributed by atoms with Crippen molar-refractivity contribution in [2.75, 3.05) is 13.2 Å². The molecule has 0 aliphatic carbocycles. The minimum Gasteiger partial charge on any atom is -0.508 e. The van der Waals surface area contributed by atoms with Gasteiger partial charge in [-0.1, -0.05) is 13.3 Å². The summed E-state index contributed by atoms with van der Waals surface area (Å²) in [6, 6.07) is 14.4. The van der Waals surface area contributed by atoms with Crippen molar-refractivity contribution < 1.29 is 14.9 Å². The average molecular weight is 351 g/mol. The third-order valence-corrected chi connectivity index (χ3v) is 5.57. The highest BCUT2D eigenvalue weighted by Gasteiger charge is 2.13. The fourth-order valence-electron chi connectivity index (χ4n) is 1.87. The third kappa shape index (κ3) is 6.77. The van der Waals surface area contributed by atoms with Crippen LogP contribution in [0.5, 0.6) is 11.5 Å². The van der Waals surface area contributed by atoms with Crippen LogP contribution in [0.2, 0.25) is 0 Å². The minimum absolute atomic E-state index is 0.209. The summed E-state index contributed by atoms with van der Waals surface area (Å²) in [6.07, 6.45) is 2.20. The zero-order chi connectivity index (χ0) is 16.5. The molecule has 0 amide bonds. The number of ether oxygens (including phenoxy) is 1. The Morgan fingerprint density at radius 3 is 1.78 bits per heavy atom. The fraction of sp³-hybridized carbons (Fsp3) is 0.333. The van der Waals surface area contributed by atoms with Gasteiger partial charge < -0.3 is 14.9 Å². The van der Waals surface area contributed by atoms with Crippen LogP contribution in [0.4, 0.5) is 0 Å². The van der Waals surface area contributed by atoms with Crippen LogP contribution in [-0.4, -0.2) is 28.0 Å². The number of phenolic OH excluding ortho intramolecular Hbond substituents is 2. The molecule has 0 radical (unpaired) electrons. The van der Waals surface area contributed by atoms with Crippen molar-refractivity contribution in [1.29, 1.82) is 0 Å². The van der Waals surface area contributed by atoms with E-state index in [0.717, 1.165) is 29.2 Å². The molecule has 3 nitrogen and oxygen atoms in total. The maximum atomic E-state index is 9.39. The molecule has 0 spiro atoms. The molecule has 0 unspecified atom stereocenters. The fourth-order valence-corrected chi connectivity index (χ4v) is 4.25. The summed E-state index contributed by atoms with van der Waals surface area (Å²) < 4.78 is 6.00. The van der Waals surface area contributed by atoms with E-state index in [0.29, 0.717) is 6.61 Å². The van der Waals surface area contributed by atoms with Gasteiger partial charge in [0.2, 0.25) is 0 Å². The van der Waals surface area contributed by atoms with Crippen LogP contribution in [0.15, 0.2) is 58.3 Å². The number of unbranched alkanes of at least 4 members (excludes halogenated alkanes) is 1. The van der Waals surface area contributed by atoms with Crippen LogP contribution in [0, 0.1) is 0 Å². The molecule has 0 heterocycles. The SMILES string of the molecule is CCCCOCC(Sc1ccc(O)cc1)Sc1ccc(O)cc1. The van der Waals surface area contributed by atoms with Crippen molar-refractivity contribution >= 4 is 23.5 Å². The Morgan fingerprint density at radius 2 is 1.35 bits per heavy atom. The maximum Gasteiger partial charge on any atom is 0.115 e. The van der Waals surface area contributed by atoms with Gasteiger partial charge >= 0.3 is 0 Å². The van der Waals surface area contributed by atoms with E-state index >= 15 is 0 Å². The average Bonchev–Trinajstić information content (AvgIpc) is 2.55. The van der Waals surface area contributed by atoms with E-state index in [1.54, 1.807) is 47.8 Å². The van der Waals surface area contributed by atoms with E-state index in [4.69, 9.17) is 4.74 Å². The normalized spacial score (nSPS) is 11.0. The summed E-state index contributed by atoms with van der Waals surface area (Å²) >= 11 is 3.44. The molecule has 2 aromatic carbocycles. The number of hydrogen-bond acceptors (Lipinski definition) is 5. The van der Waals surface area contributed by atoms with Crippen molar-refractivity contribution in [3.63, 3.8) is 0 Å². The Balaban J connectivity index is 1.98. The topological polar surface area (TPSA) is 49.7 Å². The predicted octanol–water partition coefficient (Wildman–Crippen LogP) is 5.13. The van der Waals surface area contributed by atoms with Gasteiger partial charge in [-0.2, -0.15) is 0 Å². The second-order valence-electron chi connectivity index (χ2n) is 5.08. The first-order valence-electron chi connectivity index (χ1n) is 7.66. The minimum atomic E-state index is 0.209. The molecular formula is C18H22O3S2. The molecule has 0 saturated heterocycles. The van der Waals surface area contributed by atoms with Crippen molar-refractivity contribution in [2.45, 2.75) is 34.1 Å². The number of phenols is 2. The van der Waals surface area contributed by atoms with E-state index in [1.807, 2.05) is 24.3 Å². The van der Waals surface area contributed by atoms with Gasteiger partial charge in [0.05, 0.1) is 11.2 Å². The zero-order valence-electron chi connectivity index (χ0n) is 13.1. The maximum absolute atomic E-state index is 9.39. The lowest BCUT2D eigenvalue weighted by Gasteiger charge is -2.17. The Labute approximate surface area is 146 Å². The second kappa shape index (κ2) is 9.75. The zero-order valence-corrected chi connectivity index (χ0v) is 14.8. The summed E-state index contributed by atoms with van der Waals surface area (Å²) in [5.41, 5.74) is 0. The number of hydrogen-bond donors (Lipinski definition) is 2. The number of rotatable bonds is 9. The molecular weight excluding hydrogens is 328 g/mol. The molecule has 0 aliphatic rings. The highest BCUT2D eigenvalue weighted by molar-refractivity contribution is 8.17. The van der Waals surface area contributed by atoms with E-state index < -0.39 is 0 Å². The van der Waals surface area contributed by atoms with Gasteiger partial charge in [0.15, 0.2) is 0 Å². The first-order valence-corrected chi connectivity index (χ1v) is 9.42. The summed E-state index contributed by atoms with van der Waals surface area (Å²) in [7, 11) is 0. The monoisotopic (exact) mass is 350 g/mol. The largest absolute Gasteiger partial charge is 0.508 e. The summed E-state index contributed by atoms with van der Waals surface area (Å²) in [6.45, 7) is 3.58. The molecule has 0 saturated carbocycles. The molecule has 0 fully saturated rings. The molecule has 2 N–H and O–H groups in total. The lowest BCUT2D eigenvalue weighted by Crippen LogP contribution is -2.09. The summed E-state index contributed by atoms with van der Waals surface area (Å²) in [5.74, 6) is 0.549. The van der Waals surface area contributed by atoms with Gasteiger partial charge in [-0.25, -0.2) is 0 Å². The Morgan fingerprint density at radius 1 is 0.870 bits per heavy atom. The van der Waals surface area contributed by atoms with Gasteiger partial charge in [-0.05, 0) is 55.0 Å². The molecule has 0 aliphatic heterocycles. The second-order valence-corrected chi connectivity index (χ2v) is 7.93. The molecule has 0 bridgehead atoms. The third-order valence-electron chi connectivity index (χ3n) is 3.10. The Hall–Kier alpha value is -1.30. The molecule has 2 aromatic rings. The molecule has 0 aromatic heterocycles. The van der Waals surface area contributed by atoms with Crippen LogP contribution in [0.1, 0.15) is 19.8 Å². The van der Waals surface area contributed by atoms with E-state index in [2.05, 4.69) is 6.92 Å². The van der Waals surface area contributed by atoms with Crippen LogP contribution >= 0.6 is 23.5 Å². The Bertz CT molecular complexity index is 522. The number of aromatic hydroxyl groups is 2. The number of thioether (sulfide) groups is 2. The van der Waals surface area contributed by atoms with Crippen molar-refractivity contribution in [2.24, 2.45) is 0 Å². The molecule has 5 heteroatoms. The summed E-state index contributed by atoms with van der Waals surface area (Å²) in [5, 5.41) is 18.8. The lowest BCUT2D eigenvalue weighted by atomic mass is 10.3. The quantitative estimate of drug-likeness (QED) is 0.373. The van der Waals surface area contributed by atoms with Gasteiger partial charge in [0.1, 0.15) is 11.5 Å². The lowest BCUT2D eigenvalue weighted by molar-refractivity contribution is 0.143. The Kier molecular flexibility index (Phi) is 7.65. The van der Waals surface area contributed by atoms with Gasteiger partial charge in [-0.3, -0.25) is 0 Å². The van der Waals surface area contributed by atoms with E-state index in [9.17, 15) is 10.2 Å².